The second kappa shape index (κ2) is 10.7. The zero-order valence-electron chi connectivity index (χ0n) is 19.9. The van der Waals surface area contributed by atoms with E-state index in [1.807, 2.05) is 6.07 Å². The molecule has 1 unspecified atom stereocenters. The van der Waals surface area contributed by atoms with Crippen molar-refractivity contribution in [2.75, 3.05) is 40.0 Å². The first kappa shape index (κ1) is 23.8. The van der Waals surface area contributed by atoms with Crippen molar-refractivity contribution in [2.24, 2.45) is 18.9 Å². The van der Waals surface area contributed by atoms with Gasteiger partial charge in [-0.05, 0) is 74.1 Å². The Bertz CT molecular complexity index is 993. The number of fused-ring (bicyclic) bond motifs is 3. The minimum atomic E-state index is -0.0960. The number of ether oxygens (including phenoxy) is 1. The van der Waals surface area contributed by atoms with Crippen LogP contribution in [-0.4, -0.2) is 66.3 Å². The van der Waals surface area contributed by atoms with Crippen LogP contribution in [0.3, 0.4) is 0 Å². The first-order valence-electron chi connectivity index (χ1n) is 12.3. The Morgan fingerprint density at radius 2 is 2.00 bits per heavy atom. The summed E-state index contributed by atoms with van der Waals surface area (Å²) in [5.74, 6) is 1.34. The number of aromatic nitrogens is 1. The van der Waals surface area contributed by atoms with E-state index in [1.165, 1.54) is 28.6 Å². The van der Waals surface area contributed by atoms with Gasteiger partial charge in [-0.1, -0.05) is 0 Å². The molecule has 2 N–H and O–H groups in total. The molecule has 0 bridgehead atoms. The van der Waals surface area contributed by atoms with Crippen LogP contribution >= 0.6 is 0 Å². The van der Waals surface area contributed by atoms with E-state index >= 15 is 0 Å². The number of hydrogen-bond acceptors (Lipinski definition) is 4. The van der Waals surface area contributed by atoms with Gasteiger partial charge in [-0.3, -0.25) is 9.59 Å². The Hall–Kier alpha value is -2.38. The molecular formula is C26H37N3O4. The number of nitrogens with one attached hydrogen (secondary N) is 1. The summed E-state index contributed by atoms with van der Waals surface area (Å²) in [6, 6.07) is 6.09. The lowest BCUT2D eigenvalue weighted by atomic mass is 9.75. The molecule has 1 fully saturated rings. The number of nitrogens with zero attached hydrogens (tertiary/aromatic N) is 2. The number of benzene rings is 1. The van der Waals surface area contributed by atoms with Crippen LogP contribution in [0.4, 0.5) is 0 Å². The number of aliphatic hydroxyl groups excluding tert-OH is 1. The third-order valence-corrected chi connectivity index (χ3v) is 7.51. The molecule has 2 aliphatic rings. The predicted octanol–water partition coefficient (Wildman–Crippen LogP) is 2.67. The van der Waals surface area contributed by atoms with Crippen molar-refractivity contribution < 1.29 is 19.4 Å². The summed E-state index contributed by atoms with van der Waals surface area (Å²) in [5, 5.41) is 12.6. The van der Waals surface area contributed by atoms with Crippen molar-refractivity contribution in [2.45, 2.75) is 44.9 Å². The number of aliphatic hydroxyl groups is 1. The molecule has 7 nitrogen and oxygen atoms in total. The van der Waals surface area contributed by atoms with Gasteiger partial charge in [-0.2, -0.15) is 0 Å². The number of rotatable bonds is 8. The van der Waals surface area contributed by atoms with E-state index in [-0.39, 0.29) is 25.0 Å². The van der Waals surface area contributed by atoms with Gasteiger partial charge in [0.1, 0.15) is 0 Å². The smallest absolute Gasteiger partial charge is 0.253 e. The van der Waals surface area contributed by atoms with Crippen LogP contribution in [0.5, 0.6) is 0 Å². The van der Waals surface area contributed by atoms with Crippen LogP contribution in [0.2, 0.25) is 0 Å². The van der Waals surface area contributed by atoms with Gasteiger partial charge in [0.25, 0.3) is 5.91 Å². The molecule has 2 aromatic rings. The zero-order valence-corrected chi connectivity index (χ0v) is 19.9. The highest BCUT2D eigenvalue weighted by Crippen LogP contribution is 2.39. The summed E-state index contributed by atoms with van der Waals surface area (Å²) in [6.07, 6.45) is 6.69. The van der Waals surface area contributed by atoms with Gasteiger partial charge in [0, 0.05) is 69.0 Å². The highest BCUT2D eigenvalue weighted by atomic mass is 16.5. The van der Waals surface area contributed by atoms with Gasteiger partial charge in [0.05, 0.1) is 6.61 Å². The molecule has 1 aromatic carbocycles. The number of hydrogen-bond donors (Lipinski definition) is 2. The second-order valence-electron chi connectivity index (χ2n) is 9.57. The molecule has 4 rings (SSSR count). The first-order valence-corrected chi connectivity index (χ1v) is 12.3. The molecule has 0 spiro atoms. The molecule has 1 aliphatic heterocycles. The Labute approximate surface area is 196 Å². The lowest BCUT2D eigenvalue weighted by Gasteiger charge is -2.33. The average molecular weight is 456 g/mol. The van der Waals surface area contributed by atoms with E-state index < -0.39 is 0 Å². The molecular weight excluding hydrogens is 418 g/mol. The largest absolute Gasteiger partial charge is 0.395 e. The topological polar surface area (TPSA) is 83.8 Å². The number of carbonyl (C=O) groups excluding carboxylic acids is 2. The lowest BCUT2D eigenvalue weighted by molar-refractivity contribution is -0.121. The number of carbonyl (C=O) groups is 2. The molecule has 2 amide bonds. The fourth-order valence-electron chi connectivity index (χ4n) is 5.61. The Morgan fingerprint density at radius 3 is 2.76 bits per heavy atom. The van der Waals surface area contributed by atoms with E-state index in [1.54, 1.807) is 11.9 Å². The van der Waals surface area contributed by atoms with E-state index in [4.69, 9.17) is 9.84 Å². The molecule has 1 aliphatic carbocycles. The van der Waals surface area contributed by atoms with Crippen molar-refractivity contribution in [1.29, 1.82) is 0 Å². The van der Waals surface area contributed by atoms with Gasteiger partial charge >= 0.3 is 0 Å². The van der Waals surface area contributed by atoms with E-state index in [2.05, 4.69) is 29.1 Å². The highest BCUT2D eigenvalue weighted by Gasteiger charge is 2.31. The molecule has 7 heteroatoms. The van der Waals surface area contributed by atoms with Crippen LogP contribution in [-0.2, 0) is 29.4 Å². The predicted molar refractivity (Wildman–Crippen MR) is 128 cm³/mol. The molecule has 2 heterocycles. The SMILES string of the molecule is CN(CCCC(=O)NCCO)C(=O)c1ccc2c(c1)c1c(n2C)CCC(C2CCOCC2)C1. The molecule has 180 valence electrons. The quantitative estimate of drug-likeness (QED) is 0.641. The first-order chi connectivity index (χ1) is 16.0. The van der Waals surface area contributed by atoms with Crippen molar-refractivity contribution in [3.05, 3.63) is 35.0 Å². The summed E-state index contributed by atoms with van der Waals surface area (Å²) >= 11 is 0. The monoisotopic (exact) mass is 455 g/mol. The fourth-order valence-corrected chi connectivity index (χ4v) is 5.61. The van der Waals surface area contributed by atoms with Crippen LogP contribution in [0, 0.1) is 11.8 Å². The lowest BCUT2D eigenvalue weighted by Crippen LogP contribution is -2.30. The second-order valence-corrected chi connectivity index (χ2v) is 9.57. The summed E-state index contributed by atoms with van der Waals surface area (Å²) in [7, 11) is 3.94. The molecule has 1 atom stereocenters. The van der Waals surface area contributed by atoms with Crippen molar-refractivity contribution in [3.8, 4) is 0 Å². The van der Waals surface area contributed by atoms with Crippen LogP contribution in [0.15, 0.2) is 18.2 Å². The maximum atomic E-state index is 13.1. The third-order valence-electron chi connectivity index (χ3n) is 7.51. The molecule has 0 saturated carbocycles. The van der Waals surface area contributed by atoms with Gasteiger partial charge in [-0.25, -0.2) is 0 Å². The fraction of sp³-hybridized carbons (Fsp3) is 0.615. The van der Waals surface area contributed by atoms with Crippen LogP contribution < -0.4 is 5.32 Å². The van der Waals surface area contributed by atoms with E-state index in [0.717, 1.165) is 44.8 Å². The maximum Gasteiger partial charge on any atom is 0.253 e. The molecule has 1 aromatic heterocycles. The van der Waals surface area contributed by atoms with Crippen molar-refractivity contribution >= 4 is 22.7 Å². The van der Waals surface area contributed by atoms with E-state index in [0.29, 0.717) is 30.9 Å². The molecule has 33 heavy (non-hydrogen) atoms. The normalized spacial score (nSPS) is 18.8. The minimum absolute atomic E-state index is 0.0120. The Morgan fingerprint density at radius 1 is 1.21 bits per heavy atom. The van der Waals surface area contributed by atoms with Crippen LogP contribution in [0.25, 0.3) is 10.9 Å². The van der Waals surface area contributed by atoms with Crippen molar-refractivity contribution in [3.63, 3.8) is 0 Å². The maximum absolute atomic E-state index is 13.1. The summed E-state index contributed by atoms with van der Waals surface area (Å²) < 4.78 is 7.89. The molecule has 0 radical (unpaired) electrons. The Balaban J connectivity index is 1.46. The number of amides is 2. The van der Waals surface area contributed by atoms with Gasteiger partial charge < -0.3 is 24.6 Å². The third kappa shape index (κ3) is 5.25. The highest BCUT2D eigenvalue weighted by molar-refractivity contribution is 5.99. The average Bonchev–Trinajstić information content (AvgIpc) is 3.13. The zero-order chi connectivity index (χ0) is 23.4. The van der Waals surface area contributed by atoms with E-state index in [9.17, 15) is 9.59 Å². The Kier molecular flexibility index (Phi) is 7.71. The number of aryl methyl sites for hydroxylation is 1. The standard InChI is InChI=1S/C26H37N3O4/c1-28(12-3-4-25(31)27-11-13-30)26(32)20-6-8-24-22(17-20)21-16-19(5-7-23(21)29(24)2)18-9-14-33-15-10-18/h6,8,17-19,30H,3-5,7,9-16H2,1-2H3,(H,27,31). The minimum Gasteiger partial charge on any atom is -0.395 e. The van der Waals surface area contributed by atoms with Gasteiger partial charge in [0.15, 0.2) is 0 Å². The summed E-state index contributed by atoms with van der Waals surface area (Å²) in [5.41, 5.74) is 4.75. The summed E-state index contributed by atoms with van der Waals surface area (Å²) in [6.45, 7) is 2.49. The van der Waals surface area contributed by atoms with Gasteiger partial charge in [-0.15, -0.1) is 0 Å². The van der Waals surface area contributed by atoms with Gasteiger partial charge in [0.2, 0.25) is 5.91 Å². The van der Waals surface area contributed by atoms with Crippen LogP contribution in [0.1, 0.15) is 53.7 Å². The van der Waals surface area contributed by atoms with Crippen molar-refractivity contribution in [1.82, 2.24) is 14.8 Å². The summed E-state index contributed by atoms with van der Waals surface area (Å²) in [4.78, 5) is 26.5. The molecule has 1 saturated heterocycles.